The lowest BCUT2D eigenvalue weighted by atomic mass is 10.1. The van der Waals surface area contributed by atoms with Gasteiger partial charge in [0.05, 0.1) is 10.9 Å². The van der Waals surface area contributed by atoms with Crippen LogP contribution in [0.1, 0.15) is 15.9 Å². The van der Waals surface area contributed by atoms with Gasteiger partial charge in [-0.05, 0) is 34.1 Å². The number of benzene rings is 1. The molecule has 2 nitrogen and oxygen atoms in total. The molecule has 1 aromatic heterocycles. The normalized spacial score (nSPS) is 10.1. The van der Waals surface area contributed by atoms with Crippen molar-refractivity contribution < 1.29 is 9.53 Å². The summed E-state index contributed by atoms with van der Waals surface area (Å²) in [7, 11) is 1.59. The highest BCUT2D eigenvalue weighted by molar-refractivity contribution is 9.11. The maximum Gasteiger partial charge on any atom is 0.194 e. The predicted octanol–water partition coefficient (Wildman–Crippen LogP) is 3.75. The van der Waals surface area contributed by atoms with E-state index in [1.807, 2.05) is 23.6 Å². The van der Waals surface area contributed by atoms with Crippen LogP contribution in [-0.2, 0) is 0 Å². The molecule has 2 rings (SSSR count). The molecular formula is C12H9BrO2S. The van der Waals surface area contributed by atoms with Crippen molar-refractivity contribution in [3.8, 4) is 5.75 Å². The van der Waals surface area contributed by atoms with E-state index in [1.54, 1.807) is 19.2 Å². The number of ether oxygens (including phenoxy) is 1. The van der Waals surface area contributed by atoms with Gasteiger partial charge in [-0.15, -0.1) is 11.3 Å². The number of hydrogen-bond acceptors (Lipinski definition) is 3. The molecule has 0 aliphatic carbocycles. The Bertz CT molecular complexity index is 519. The van der Waals surface area contributed by atoms with Crippen LogP contribution < -0.4 is 4.74 Å². The third-order valence-electron chi connectivity index (χ3n) is 2.16. The van der Waals surface area contributed by atoms with Crippen molar-refractivity contribution in [1.82, 2.24) is 0 Å². The van der Waals surface area contributed by atoms with Crippen LogP contribution in [0.4, 0.5) is 0 Å². The Morgan fingerprint density at radius 3 is 2.75 bits per heavy atom. The first kappa shape index (κ1) is 11.4. The summed E-state index contributed by atoms with van der Waals surface area (Å²) in [5, 5.41) is 1.84. The van der Waals surface area contributed by atoms with Crippen LogP contribution in [-0.4, -0.2) is 12.9 Å². The second-order valence-electron chi connectivity index (χ2n) is 3.20. The van der Waals surface area contributed by atoms with Crippen LogP contribution in [0.15, 0.2) is 39.5 Å². The standard InChI is InChI=1S/C12H9BrO2S/c1-15-10-4-2-3-8(5-10)12(14)9-6-11(13)16-7-9/h2-7H,1H3. The molecule has 1 aromatic carbocycles. The molecule has 0 bridgehead atoms. The Hall–Kier alpha value is -1.13. The van der Waals surface area contributed by atoms with Crippen molar-refractivity contribution in [2.75, 3.05) is 7.11 Å². The average molecular weight is 297 g/mol. The fourth-order valence-electron chi connectivity index (χ4n) is 1.36. The Morgan fingerprint density at radius 2 is 2.12 bits per heavy atom. The molecule has 4 heteroatoms. The summed E-state index contributed by atoms with van der Waals surface area (Å²) < 4.78 is 6.04. The van der Waals surface area contributed by atoms with E-state index in [0.717, 1.165) is 3.79 Å². The van der Waals surface area contributed by atoms with E-state index in [1.165, 1.54) is 11.3 Å². The Kier molecular flexibility index (Phi) is 3.41. The zero-order valence-electron chi connectivity index (χ0n) is 8.57. The van der Waals surface area contributed by atoms with E-state index >= 15 is 0 Å². The summed E-state index contributed by atoms with van der Waals surface area (Å²) in [6.07, 6.45) is 0. The summed E-state index contributed by atoms with van der Waals surface area (Å²) in [6, 6.07) is 8.99. The minimum Gasteiger partial charge on any atom is -0.497 e. The number of rotatable bonds is 3. The second-order valence-corrected chi connectivity index (χ2v) is 5.49. The molecule has 1 heterocycles. The molecule has 0 atom stereocenters. The Balaban J connectivity index is 2.33. The third kappa shape index (κ3) is 2.33. The zero-order chi connectivity index (χ0) is 11.5. The van der Waals surface area contributed by atoms with Gasteiger partial charge in [-0.25, -0.2) is 0 Å². The lowest BCUT2D eigenvalue weighted by Crippen LogP contribution is -1.99. The first-order valence-electron chi connectivity index (χ1n) is 4.63. The van der Waals surface area contributed by atoms with Crippen molar-refractivity contribution in [3.63, 3.8) is 0 Å². The van der Waals surface area contributed by atoms with Crippen LogP contribution in [0.3, 0.4) is 0 Å². The summed E-state index contributed by atoms with van der Waals surface area (Å²) in [4.78, 5) is 12.1. The van der Waals surface area contributed by atoms with Gasteiger partial charge in [0.2, 0.25) is 0 Å². The topological polar surface area (TPSA) is 26.3 Å². The number of ketones is 1. The molecular weight excluding hydrogens is 288 g/mol. The van der Waals surface area contributed by atoms with Gasteiger partial charge in [-0.2, -0.15) is 0 Å². The van der Waals surface area contributed by atoms with E-state index in [4.69, 9.17) is 4.74 Å². The van der Waals surface area contributed by atoms with Gasteiger partial charge < -0.3 is 4.74 Å². The van der Waals surface area contributed by atoms with E-state index < -0.39 is 0 Å². The lowest BCUT2D eigenvalue weighted by molar-refractivity contribution is 0.103. The number of thiophene rings is 1. The zero-order valence-corrected chi connectivity index (χ0v) is 11.0. The van der Waals surface area contributed by atoms with Crippen LogP contribution in [0, 0.1) is 0 Å². The van der Waals surface area contributed by atoms with Gasteiger partial charge in [-0.3, -0.25) is 4.79 Å². The molecule has 0 amide bonds. The van der Waals surface area contributed by atoms with Gasteiger partial charge >= 0.3 is 0 Å². The lowest BCUT2D eigenvalue weighted by Gasteiger charge is -2.02. The van der Waals surface area contributed by atoms with Crippen molar-refractivity contribution in [2.24, 2.45) is 0 Å². The summed E-state index contributed by atoms with van der Waals surface area (Å²) in [5.74, 6) is 0.709. The number of carbonyl (C=O) groups is 1. The van der Waals surface area contributed by atoms with Gasteiger partial charge in [0.15, 0.2) is 5.78 Å². The van der Waals surface area contributed by atoms with E-state index in [0.29, 0.717) is 16.9 Å². The quantitative estimate of drug-likeness (QED) is 0.807. The first-order valence-corrected chi connectivity index (χ1v) is 6.31. The molecule has 0 fully saturated rings. The third-order valence-corrected chi connectivity index (χ3v) is 3.67. The van der Waals surface area contributed by atoms with Gasteiger partial charge in [0.25, 0.3) is 0 Å². The number of carbonyl (C=O) groups excluding carboxylic acids is 1. The Labute approximate surface area is 106 Å². The Morgan fingerprint density at radius 1 is 1.31 bits per heavy atom. The highest BCUT2D eigenvalue weighted by Gasteiger charge is 2.11. The minimum absolute atomic E-state index is 0.0147. The second kappa shape index (κ2) is 4.80. The maximum absolute atomic E-state index is 12.1. The highest BCUT2D eigenvalue weighted by atomic mass is 79.9. The monoisotopic (exact) mass is 296 g/mol. The molecule has 0 unspecified atom stereocenters. The van der Waals surface area contributed by atoms with E-state index in [2.05, 4.69) is 15.9 Å². The average Bonchev–Trinajstić information content (AvgIpc) is 2.75. The van der Waals surface area contributed by atoms with Gasteiger partial charge in [-0.1, -0.05) is 12.1 Å². The van der Waals surface area contributed by atoms with Crippen molar-refractivity contribution in [1.29, 1.82) is 0 Å². The predicted molar refractivity (Wildman–Crippen MR) is 68.4 cm³/mol. The first-order chi connectivity index (χ1) is 7.70. The molecule has 82 valence electrons. The molecule has 0 spiro atoms. The van der Waals surface area contributed by atoms with Crippen molar-refractivity contribution in [3.05, 3.63) is 50.6 Å². The molecule has 0 radical (unpaired) electrons. The van der Waals surface area contributed by atoms with Crippen LogP contribution >= 0.6 is 27.3 Å². The molecule has 0 aliphatic heterocycles. The van der Waals surface area contributed by atoms with E-state index in [-0.39, 0.29) is 5.78 Å². The largest absolute Gasteiger partial charge is 0.497 e. The highest BCUT2D eigenvalue weighted by Crippen LogP contribution is 2.23. The molecule has 2 aromatic rings. The number of hydrogen-bond donors (Lipinski definition) is 0. The van der Waals surface area contributed by atoms with Crippen LogP contribution in [0.5, 0.6) is 5.75 Å². The summed E-state index contributed by atoms with van der Waals surface area (Å²) in [6.45, 7) is 0. The summed E-state index contributed by atoms with van der Waals surface area (Å²) >= 11 is 4.84. The molecule has 0 aliphatic rings. The number of halogens is 1. The number of methoxy groups -OCH3 is 1. The fourth-order valence-corrected chi connectivity index (χ4v) is 2.50. The molecule has 0 N–H and O–H groups in total. The van der Waals surface area contributed by atoms with Gasteiger partial charge in [0, 0.05) is 16.5 Å². The minimum atomic E-state index is 0.0147. The fraction of sp³-hybridized carbons (Fsp3) is 0.0833. The van der Waals surface area contributed by atoms with Crippen molar-refractivity contribution in [2.45, 2.75) is 0 Å². The molecule has 0 saturated heterocycles. The van der Waals surface area contributed by atoms with Crippen LogP contribution in [0.25, 0.3) is 0 Å². The summed E-state index contributed by atoms with van der Waals surface area (Å²) in [5.41, 5.74) is 1.34. The van der Waals surface area contributed by atoms with Crippen molar-refractivity contribution >= 4 is 33.0 Å². The SMILES string of the molecule is COc1cccc(C(=O)c2csc(Br)c2)c1. The molecule has 0 saturated carbocycles. The molecule has 16 heavy (non-hydrogen) atoms. The van der Waals surface area contributed by atoms with E-state index in [9.17, 15) is 4.79 Å². The van der Waals surface area contributed by atoms with Gasteiger partial charge in [0.1, 0.15) is 5.75 Å². The van der Waals surface area contributed by atoms with Crippen LogP contribution in [0.2, 0.25) is 0 Å². The smallest absolute Gasteiger partial charge is 0.194 e. The maximum atomic E-state index is 12.1.